The number of carboxylic acid groups (broad SMARTS) is 2. The Hall–Kier alpha value is -2.52. The molecule has 9 heteroatoms. The predicted octanol–water partition coefficient (Wildman–Crippen LogP) is 4.29. The fourth-order valence-electron chi connectivity index (χ4n) is 3.71. The van der Waals surface area contributed by atoms with E-state index in [1.807, 2.05) is 17.8 Å². The number of benzene rings is 2. The van der Waals surface area contributed by atoms with Gasteiger partial charge in [-0.1, -0.05) is 35.5 Å². The van der Waals surface area contributed by atoms with Crippen LogP contribution in [0, 0.1) is 0 Å². The van der Waals surface area contributed by atoms with Crippen LogP contribution < -0.4 is 4.90 Å². The summed E-state index contributed by atoms with van der Waals surface area (Å²) in [6.07, 6.45) is 2.28. The van der Waals surface area contributed by atoms with Crippen molar-refractivity contribution >= 4 is 46.7 Å². The first-order chi connectivity index (χ1) is 15.8. The zero-order valence-electron chi connectivity index (χ0n) is 18.5. The van der Waals surface area contributed by atoms with Crippen LogP contribution in [0.2, 0.25) is 5.02 Å². The van der Waals surface area contributed by atoms with Crippen LogP contribution in [0.1, 0.15) is 6.42 Å². The van der Waals surface area contributed by atoms with Gasteiger partial charge in [0.2, 0.25) is 0 Å². The van der Waals surface area contributed by atoms with Gasteiger partial charge in [-0.2, -0.15) is 0 Å². The molecule has 1 saturated heterocycles. The second kappa shape index (κ2) is 12.1. The van der Waals surface area contributed by atoms with Crippen molar-refractivity contribution in [2.24, 2.45) is 0 Å². The molecule has 0 radical (unpaired) electrons. The largest absolute Gasteiger partial charge is 0.478 e. The van der Waals surface area contributed by atoms with Crippen LogP contribution in [0.5, 0.6) is 0 Å². The molecule has 0 saturated carbocycles. The second-order valence-electron chi connectivity index (χ2n) is 7.84. The van der Waals surface area contributed by atoms with Crippen molar-refractivity contribution in [3.8, 4) is 0 Å². The topological polar surface area (TPSA) is 84.3 Å². The normalized spacial score (nSPS) is 16.0. The maximum absolute atomic E-state index is 9.55. The molecular weight excluding hydrogens is 462 g/mol. The Morgan fingerprint density at radius 2 is 1.58 bits per heavy atom. The van der Waals surface area contributed by atoms with Crippen molar-refractivity contribution in [1.82, 2.24) is 9.80 Å². The Kier molecular flexibility index (Phi) is 9.20. The molecule has 0 bridgehead atoms. The van der Waals surface area contributed by atoms with Gasteiger partial charge >= 0.3 is 11.9 Å². The Labute approximate surface area is 203 Å². The second-order valence-corrected chi connectivity index (χ2v) is 9.36. The molecule has 0 spiro atoms. The maximum atomic E-state index is 9.55. The standard InChI is InChI=1S/C20H24ClN3S.C4H4O4/c1-22-11-13-23(14-12-22)9-4-10-24-17-5-2-3-6-19(17)25-20-8-7-16(21)15-18(20)24;5-3(6)1-2-4(7)8/h2-3,5-8,15H,4,9-14H2,1H3;1-2H,(H,5,6)(H,7,8)/b;2-1-. The van der Waals surface area contributed by atoms with Gasteiger partial charge in [-0.15, -0.1) is 0 Å². The van der Waals surface area contributed by atoms with Crippen LogP contribution in [0.25, 0.3) is 0 Å². The number of para-hydroxylation sites is 1. The highest BCUT2D eigenvalue weighted by molar-refractivity contribution is 7.99. The lowest BCUT2D eigenvalue weighted by atomic mass is 10.2. The van der Waals surface area contributed by atoms with Crippen LogP contribution in [0.4, 0.5) is 11.4 Å². The van der Waals surface area contributed by atoms with Crippen LogP contribution in [-0.2, 0) is 9.59 Å². The predicted molar refractivity (Wildman–Crippen MR) is 132 cm³/mol. The van der Waals surface area contributed by atoms with Crippen molar-refractivity contribution in [3.05, 3.63) is 59.6 Å². The lowest BCUT2D eigenvalue weighted by Gasteiger charge is -2.35. The summed E-state index contributed by atoms with van der Waals surface area (Å²) in [6, 6.07) is 14.9. The number of carboxylic acids is 2. The lowest BCUT2D eigenvalue weighted by Crippen LogP contribution is -2.45. The molecule has 0 aromatic heterocycles. The molecule has 33 heavy (non-hydrogen) atoms. The maximum Gasteiger partial charge on any atom is 0.328 e. The van der Waals surface area contributed by atoms with Crippen molar-refractivity contribution < 1.29 is 19.8 Å². The molecule has 176 valence electrons. The highest BCUT2D eigenvalue weighted by Gasteiger charge is 2.23. The van der Waals surface area contributed by atoms with Gasteiger partial charge in [0.1, 0.15) is 0 Å². The number of rotatable bonds is 6. The number of piperazine rings is 1. The van der Waals surface area contributed by atoms with Gasteiger partial charge in [-0.25, -0.2) is 9.59 Å². The molecular formula is C24H28ClN3O4S. The van der Waals surface area contributed by atoms with Crippen LogP contribution in [0.3, 0.4) is 0 Å². The number of halogens is 1. The summed E-state index contributed by atoms with van der Waals surface area (Å²) in [5.41, 5.74) is 2.55. The third-order valence-corrected chi connectivity index (χ3v) is 6.77. The van der Waals surface area contributed by atoms with Gasteiger partial charge in [-0.05, 0) is 50.3 Å². The number of hydrogen-bond acceptors (Lipinski definition) is 6. The zero-order chi connectivity index (χ0) is 23.8. The summed E-state index contributed by atoms with van der Waals surface area (Å²) in [6.45, 7) is 6.92. The molecule has 7 nitrogen and oxygen atoms in total. The van der Waals surface area contributed by atoms with E-state index in [0.29, 0.717) is 12.2 Å². The van der Waals surface area contributed by atoms with Crippen LogP contribution in [-0.4, -0.2) is 78.3 Å². The Balaban J connectivity index is 0.000000331. The van der Waals surface area contributed by atoms with Crippen LogP contribution in [0.15, 0.2) is 64.4 Å². The van der Waals surface area contributed by atoms with Gasteiger partial charge in [0.15, 0.2) is 0 Å². The van der Waals surface area contributed by atoms with E-state index in [1.165, 1.54) is 47.3 Å². The number of anilines is 2. The molecule has 2 aliphatic heterocycles. The summed E-state index contributed by atoms with van der Waals surface area (Å²) in [4.78, 5) is 29.2. The minimum atomic E-state index is -1.26. The van der Waals surface area contributed by atoms with E-state index in [0.717, 1.165) is 24.5 Å². The Morgan fingerprint density at radius 1 is 0.939 bits per heavy atom. The number of carbonyl (C=O) groups is 2. The van der Waals surface area contributed by atoms with E-state index in [4.69, 9.17) is 21.8 Å². The van der Waals surface area contributed by atoms with E-state index in [1.54, 1.807) is 0 Å². The Bertz CT molecular complexity index is 993. The zero-order valence-corrected chi connectivity index (χ0v) is 20.1. The molecule has 0 aliphatic carbocycles. The number of nitrogens with zero attached hydrogens (tertiary/aromatic N) is 3. The molecule has 2 N–H and O–H groups in total. The molecule has 4 rings (SSSR count). The van der Waals surface area contributed by atoms with Crippen molar-refractivity contribution in [1.29, 1.82) is 0 Å². The van der Waals surface area contributed by atoms with Crippen LogP contribution >= 0.6 is 23.4 Å². The summed E-state index contributed by atoms with van der Waals surface area (Å²) in [5.74, 6) is -2.51. The molecule has 0 amide bonds. The summed E-state index contributed by atoms with van der Waals surface area (Å²) in [7, 11) is 2.21. The van der Waals surface area contributed by atoms with E-state index in [-0.39, 0.29) is 0 Å². The molecule has 0 atom stereocenters. The first-order valence-electron chi connectivity index (χ1n) is 10.7. The number of aliphatic carboxylic acids is 2. The molecule has 2 aromatic rings. The van der Waals surface area contributed by atoms with Crippen molar-refractivity contribution in [2.45, 2.75) is 16.2 Å². The Morgan fingerprint density at radius 3 is 2.24 bits per heavy atom. The third-order valence-electron chi connectivity index (χ3n) is 5.41. The monoisotopic (exact) mass is 489 g/mol. The van der Waals surface area contributed by atoms with E-state index < -0.39 is 11.9 Å². The van der Waals surface area contributed by atoms with Gasteiger partial charge in [0.05, 0.1) is 11.4 Å². The smallest absolute Gasteiger partial charge is 0.328 e. The van der Waals surface area contributed by atoms with Gasteiger partial charge < -0.3 is 24.9 Å². The SMILES string of the molecule is CN1CCN(CCCN2c3ccccc3Sc3ccc(Cl)cc32)CC1.O=C(O)/C=C\C(=O)O. The summed E-state index contributed by atoms with van der Waals surface area (Å²) < 4.78 is 0. The molecule has 0 unspecified atom stereocenters. The average molecular weight is 490 g/mol. The highest BCUT2D eigenvalue weighted by Crippen LogP contribution is 2.48. The van der Waals surface area contributed by atoms with Gasteiger partial charge in [0, 0.05) is 59.7 Å². The summed E-state index contributed by atoms with van der Waals surface area (Å²) in [5, 5.41) is 16.4. The van der Waals surface area contributed by atoms with Crippen molar-refractivity contribution in [2.75, 3.05) is 51.2 Å². The third kappa shape index (κ3) is 7.50. The average Bonchev–Trinajstić information content (AvgIpc) is 2.79. The highest BCUT2D eigenvalue weighted by atomic mass is 35.5. The van der Waals surface area contributed by atoms with E-state index in [9.17, 15) is 9.59 Å². The quantitative estimate of drug-likeness (QED) is 0.581. The first kappa shape index (κ1) is 25.1. The van der Waals surface area contributed by atoms with Gasteiger partial charge in [0.25, 0.3) is 0 Å². The number of hydrogen-bond donors (Lipinski definition) is 2. The number of likely N-dealkylation sites (N-methyl/N-ethyl adjacent to an activating group) is 1. The molecule has 2 aliphatic rings. The van der Waals surface area contributed by atoms with E-state index >= 15 is 0 Å². The molecule has 2 heterocycles. The molecule has 2 aromatic carbocycles. The van der Waals surface area contributed by atoms with Gasteiger partial charge in [-0.3, -0.25) is 0 Å². The molecule has 1 fully saturated rings. The summed E-state index contributed by atoms with van der Waals surface area (Å²) >= 11 is 8.13. The first-order valence-corrected chi connectivity index (χ1v) is 11.9. The fourth-order valence-corrected chi connectivity index (χ4v) is 4.95. The lowest BCUT2D eigenvalue weighted by molar-refractivity contribution is -0.134. The van der Waals surface area contributed by atoms with E-state index in [2.05, 4.69) is 58.1 Å². The number of fused-ring (bicyclic) bond motifs is 2. The minimum Gasteiger partial charge on any atom is -0.478 e. The fraction of sp³-hybridized carbons (Fsp3) is 0.333. The van der Waals surface area contributed by atoms with Crippen molar-refractivity contribution in [3.63, 3.8) is 0 Å². The minimum absolute atomic E-state index is 0.558.